The molecule has 0 heterocycles. The summed E-state index contributed by atoms with van der Waals surface area (Å²) in [6.07, 6.45) is 6.84. The van der Waals surface area contributed by atoms with Crippen LogP contribution < -0.4 is 0 Å². The van der Waals surface area contributed by atoms with Crippen LogP contribution in [0.5, 0.6) is 0 Å². The number of ether oxygens (including phenoxy) is 1. The summed E-state index contributed by atoms with van der Waals surface area (Å²) >= 11 is 1.72. The first-order chi connectivity index (χ1) is 4.85. The second kappa shape index (κ2) is 6.73. The van der Waals surface area contributed by atoms with E-state index in [-0.39, 0.29) is 0 Å². The van der Waals surface area contributed by atoms with Gasteiger partial charge in [0, 0.05) is 12.0 Å². The van der Waals surface area contributed by atoms with Crippen molar-refractivity contribution in [3.63, 3.8) is 0 Å². The van der Waals surface area contributed by atoms with Gasteiger partial charge < -0.3 is 4.74 Å². The zero-order chi connectivity index (χ0) is 7.82. The molecule has 0 atom stereocenters. The molecule has 0 rings (SSSR count). The number of methoxy groups -OCH3 is 1. The molecular formula is C8H12OS. The Morgan fingerprint density at radius 2 is 2.50 bits per heavy atom. The Kier molecular flexibility index (Phi) is 6.46. The number of hydrogen-bond acceptors (Lipinski definition) is 2. The van der Waals surface area contributed by atoms with Gasteiger partial charge in [-0.3, -0.25) is 0 Å². The molecule has 0 N–H and O–H groups in total. The fourth-order valence-corrected chi connectivity index (χ4v) is 1.27. The Morgan fingerprint density at radius 1 is 1.80 bits per heavy atom. The van der Waals surface area contributed by atoms with Crippen molar-refractivity contribution in [2.24, 2.45) is 0 Å². The molecule has 0 aromatic rings. The van der Waals surface area contributed by atoms with E-state index in [1.54, 1.807) is 24.9 Å². The van der Waals surface area contributed by atoms with Crippen LogP contribution >= 0.6 is 11.8 Å². The molecule has 0 aromatic carbocycles. The molecule has 0 fully saturated rings. The average molecular weight is 156 g/mol. The van der Waals surface area contributed by atoms with Crippen LogP contribution in [0, 0.1) is 12.3 Å². The van der Waals surface area contributed by atoms with E-state index in [1.807, 2.05) is 0 Å². The molecule has 0 aliphatic heterocycles. The van der Waals surface area contributed by atoms with Crippen molar-refractivity contribution in [3.8, 4) is 12.3 Å². The molecule has 0 aromatic heterocycles. The van der Waals surface area contributed by atoms with E-state index < -0.39 is 0 Å². The summed E-state index contributed by atoms with van der Waals surface area (Å²) in [4.78, 5) is 1.12. The van der Waals surface area contributed by atoms with Crippen LogP contribution in [0.2, 0.25) is 0 Å². The van der Waals surface area contributed by atoms with Gasteiger partial charge in [0.15, 0.2) is 0 Å². The Labute approximate surface area is 66.8 Å². The predicted octanol–water partition coefficient (Wildman–Crippen LogP) is 1.90. The van der Waals surface area contributed by atoms with Crippen molar-refractivity contribution in [2.75, 3.05) is 19.5 Å². The minimum absolute atomic E-state index is 0.628. The third-order valence-electron chi connectivity index (χ3n) is 0.861. The Bertz CT molecular complexity index is 136. The van der Waals surface area contributed by atoms with Crippen LogP contribution in [-0.4, -0.2) is 19.5 Å². The van der Waals surface area contributed by atoms with Crippen molar-refractivity contribution in [1.29, 1.82) is 0 Å². The maximum absolute atomic E-state index is 5.09. The van der Waals surface area contributed by atoms with E-state index in [9.17, 15) is 0 Å². The first kappa shape index (κ1) is 9.61. The van der Waals surface area contributed by atoms with Gasteiger partial charge in [0.1, 0.15) is 0 Å². The van der Waals surface area contributed by atoms with Crippen LogP contribution in [0.4, 0.5) is 0 Å². The fraction of sp³-hybridized carbons (Fsp3) is 0.500. The summed E-state index contributed by atoms with van der Waals surface area (Å²) in [5.41, 5.74) is 0. The molecule has 1 nitrogen and oxygen atoms in total. The van der Waals surface area contributed by atoms with Gasteiger partial charge in [0.05, 0.1) is 6.61 Å². The van der Waals surface area contributed by atoms with Gasteiger partial charge in [-0.05, 0) is 11.8 Å². The van der Waals surface area contributed by atoms with Crippen LogP contribution in [0.25, 0.3) is 0 Å². The zero-order valence-corrected chi connectivity index (χ0v) is 7.20. The van der Waals surface area contributed by atoms with Gasteiger partial charge in [0.25, 0.3) is 0 Å². The monoisotopic (exact) mass is 156 g/mol. The summed E-state index contributed by atoms with van der Waals surface area (Å²) in [5.74, 6) is 3.51. The number of terminal acetylenes is 1. The zero-order valence-electron chi connectivity index (χ0n) is 6.39. The summed E-state index contributed by atoms with van der Waals surface area (Å²) < 4.78 is 4.92. The van der Waals surface area contributed by atoms with Gasteiger partial charge in [0.2, 0.25) is 0 Å². The molecule has 0 bridgehead atoms. The van der Waals surface area contributed by atoms with Crippen molar-refractivity contribution < 1.29 is 4.74 Å². The highest BCUT2D eigenvalue weighted by Crippen LogP contribution is 2.13. The van der Waals surface area contributed by atoms with Crippen LogP contribution in [-0.2, 0) is 4.74 Å². The van der Waals surface area contributed by atoms with Crippen molar-refractivity contribution in [3.05, 3.63) is 11.0 Å². The molecule has 0 aliphatic rings. The quantitative estimate of drug-likeness (QED) is 0.575. The summed E-state index contributed by atoms with van der Waals surface area (Å²) in [6, 6.07) is 0. The van der Waals surface area contributed by atoms with Crippen LogP contribution in [0.3, 0.4) is 0 Å². The van der Waals surface area contributed by atoms with Crippen molar-refractivity contribution in [2.45, 2.75) is 6.92 Å². The molecule has 0 aliphatic carbocycles. The van der Waals surface area contributed by atoms with Gasteiger partial charge in [-0.2, -0.15) is 0 Å². The maximum Gasteiger partial charge on any atom is 0.0778 e. The lowest BCUT2D eigenvalue weighted by atomic mass is 10.5. The summed E-state index contributed by atoms with van der Waals surface area (Å²) in [5, 5.41) is 0. The number of hydrogen-bond donors (Lipinski definition) is 0. The standard InChI is InChI=1S/C8H12OS/c1-4-6-8(7-9-3)10-5-2/h1,6H,5,7H2,2-3H3/b8-6-. The highest BCUT2D eigenvalue weighted by molar-refractivity contribution is 8.03. The molecule has 2 heteroatoms. The molecule has 0 radical (unpaired) electrons. The number of allylic oxidation sites excluding steroid dienone is 1. The van der Waals surface area contributed by atoms with E-state index in [4.69, 9.17) is 11.2 Å². The predicted molar refractivity (Wildman–Crippen MR) is 46.9 cm³/mol. The molecule has 0 amide bonds. The SMILES string of the molecule is C#C/C=C(/COC)SCC. The van der Waals surface area contributed by atoms with Gasteiger partial charge in [-0.15, -0.1) is 18.2 Å². The average Bonchev–Trinajstić information content (AvgIpc) is 1.90. The lowest BCUT2D eigenvalue weighted by Crippen LogP contribution is -1.90. The molecular weight excluding hydrogens is 144 g/mol. The van der Waals surface area contributed by atoms with E-state index >= 15 is 0 Å². The Morgan fingerprint density at radius 3 is 2.90 bits per heavy atom. The van der Waals surface area contributed by atoms with Gasteiger partial charge >= 0.3 is 0 Å². The topological polar surface area (TPSA) is 9.23 Å². The third kappa shape index (κ3) is 4.49. The highest BCUT2D eigenvalue weighted by atomic mass is 32.2. The molecule has 0 spiro atoms. The molecule has 10 heavy (non-hydrogen) atoms. The minimum atomic E-state index is 0.628. The fourth-order valence-electron chi connectivity index (χ4n) is 0.546. The van der Waals surface area contributed by atoms with Gasteiger partial charge in [-0.25, -0.2) is 0 Å². The summed E-state index contributed by atoms with van der Waals surface area (Å²) in [6.45, 7) is 2.72. The normalized spacial score (nSPS) is 11.1. The number of thioether (sulfide) groups is 1. The van der Waals surface area contributed by atoms with Crippen LogP contribution in [0.1, 0.15) is 6.92 Å². The van der Waals surface area contributed by atoms with Crippen molar-refractivity contribution in [1.82, 2.24) is 0 Å². The van der Waals surface area contributed by atoms with Crippen molar-refractivity contribution >= 4 is 11.8 Å². The van der Waals surface area contributed by atoms with E-state index in [0.29, 0.717) is 6.61 Å². The Hall–Kier alpha value is -0.390. The lowest BCUT2D eigenvalue weighted by molar-refractivity contribution is 0.231. The second-order valence-electron chi connectivity index (χ2n) is 1.64. The first-order valence-electron chi connectivity index (χ1n) is 3.12. The number of rotatable bonds is 4. The van der Waals surface area contributed by atoms with E-state index in [0.717, 1.165) is 10.7 Å². The van der Waals surface area contributed by atoms with E-state index in [2.05, 4.69) is 12.8 Å². The van der Waals surface area contributed by atoms with Gasteiger partial charge in [-0.1, -0.05) is 12.8 Å². The third-order valence-corrected chi connectivity index (χ3v) is 1.76. The maximum atomic E-state index is 5.09. The molecule has 56 valence electrons. The second-order valence-corrected chi connectivity index (χ2v) is 3.03. The summed E-state index contributed by atoms with van der Waals surface area (Å²) in [7, 11) is 1.67. The molecule has 0 saturated carbocycles. The molecule has 0 saturated heterocycles. The minimum Gasteiger partial charge on any atom is -0.379 e. The highest BCUT2D eigenvalue weighted by Gasteiger charge is 1.92. The molecule has 0 unspecified atom stereocenters. The first-order valence-corrected chi connectivity index (χ1v) is 4.10. The Balaban J connectivity index is 3.75. The lowest BCUT2D eigenvalue weighted by Gasteiger charge is -2.00. The largest absolute Gasteiger partial charge is 0.379 e. The van der Waals surface area contributed by atoms with E-state index in [1.165, 1.54) is 0 Å². The smallest absolute Gasteiger partial charge is 0.0778 e. The van der Waals surface area contributed by atoms with Crippen LogP contribution in [0.15, 0.2) is 11.0 Å².